The summed E-state index contributed by atoms with van der Waals surface area (Å²) in [6.45, 7) is 1.72. The van der Waals surface area contributed by atoms with Crippen LogP contribution >= 0.6 is 0 Å². The van der Waals surface area contributed by atoms with Crippen molar-refractivity contribution in [2.45, 2.75) is 13.0 Å². The summed E-state index contributed by atoms with van der Waals surface area (Å²) >= 11 is 0. The van der Waals surface area contributed by atoms with Crippen molar-refractivity contribution >= 4 is 5.69 Å². The maximum absolute atomic E-state index is 5.84. The van der Waals surface area contributed by atoms with Crippen molar-refractivity contribution in [1.29, 1.82) is 0 Å². The van der Waals surface area contributed by atoms with Crippen molar-refractivity contribution in [2.24, 2.45) is 0 Å². The molecule has 4 nitrogen and oxygen atoms in total. The molecule has 0 atom stereocenters. The van der Waals surface area contributed by atoms with E-state index in [-0.39, 0.29) is 0 Å². The van der Waals surface area contributed by atoms with Crippen LogP contribution in [-0.4, -0.2) is 16.5 Å². The van der Waals surface area contributed by atoms with Crippen molar-refractivity contribution in [3.05, 3.63) is 48.0 Å². The number of hydrogen-bond donors (Lipinski definition) is 3. The van der Waals surface area contributed by atoms with Crippen molar-refractivity contribution in [1.82, 2.24) is 15.3 Å². The van der Waals surface area contributed by atoms with Gasteiger partial charge in [0.2, 0.25) is 0 Å². The molecule has 0 bridgehead atoms. The Morgan fingerprint density at radius 2 is 2.19 bits per heavy atom. The van der Waals surface area contributed by atoms with Gasteiger partial charge in [-0.05, 0) is 11.6 Å². The molecule has 0 radical (unpaired) electrons. The molecule has 2 rings (SSSR count). The van der Waals surface area contributed by atoms with E-state index in [2.05, 4.69) is 15.3 Å². The van der Waals surface area contributed by atoms with Gasteiger partial charge in [0.05, 0.1) is 6.33 Å². The van der Waals surface area contributed by atoms with Gasteiger partial charge in [0.1, 0.15) is 0 Å². The molecule has 0 aliphatic carbocycles. The van der Waals surface area contributed by atoms with E-state index in [4.69, 9.17) is 5.73 Å². The number of rotatable bonds is 5. The summed E-state index contributed by atoms with van der Waals surface area (Å²) in [6, 6.07) is 7.91. The van der Waals surface area contributed by atoms with Crippen LogP contribution < -0.4 is 11.1 Å². The Morgan fingerprint density at radius 3 is 2.94 bits per heavy atom. The minimum absolute atomic E-state index is 0.806. The minimum atomic E-state index is 0.806. The fourth-order valence-electron chi connectivity index (χ4n) is 1.56. The summed E-state index contributed by atoms with van der Waals surface area (Å²) in [5.74, 6) is 0. The summed E-state index contributed by atoms with van der Waals surface area (Å²) in [6.07, 6.45) is 4.50. The van der Waals surface area contributed by atoms with E-state index in [1.54, 1.807) is 6.33 Å². The molecule has 0 fully saturated rings. The summed E-state index contributed by atoms with van der Waals surface area (Å²) in [5, 5.41) is 3.35. The number of nitrogens with one attached hydrogen (secondary N) is 2. The lowest BCUT2D eigenvalue weighted by Gasteiger charge is -2.06. The maximum Gasteiger partial charge on any atom is 0.0921 e. The standard InChI is InChI=1S/C12H16N4/c13-12-4-2-1-3-10(12)7-14-6-5-11-8-15-9-16-11/h1-4,8-9,14H,5-7,13H2,(H,15,16). The fraction of sp³-hybridized carbons (Fsp3) is 0.250. The molecule has 4 N–H and O–H groups in total. The highest BCUT2D eigenvalue weighted by atomic mass is 14.9. The molecule has 0 aliphatic rings. The number of aromatic amines is 1. The van der Waals surface area contributed by atoms with E-state index in [1.807, 2.05) is 30.5 Å². The second kappa shape index (κ2) is 5.32. The van der Waals surface area contributed by atoms with Crippen LogP contribution in [0.5, 0.6) is 0 Å². The second-order valence-electron chi connectivity index (χ2n) is 3.70. The Balaban J connectivity index is 1.74. The number of nitrogen functional groups attached to an aromatic ring is 1. The molecule has 0 saturated carbocycles. The molecule has 0 aliphatic heterocycles. The topological polar surface area (TPSA) is 66.7 Å². The average molecular weight is 216 g/mol. The largest absolute Gasteiger partial charge is 0.398 e. The molecule has 0 unspecified atom stereocenters. The Hall–Kier alpha value is -1.81. The van der Waals surface area contributed by atoms with E-state index >= 15 is 0 Å². The zero-order valence-corrected chi connectivity index (χ0v) is 9.11. The molecule has 16 heavy (non-hydrogen) atoms. The number of anilines is 1. The van der Waals surface area contributed by atoms with Crippen molar-refractivity contribution < 1.29 is 0 Å². The van der Waals surface area contributed by atoms with Crippen LogP contribution in [0.15, 0.2) is 36.8 Å². The molecule has 84 valence electrons. The molecule has 1 aromatic heterocycles. The molecule has 1 aromatic carbocycles. The summed E-state index contributed by atoms with van der Waals surface area (Å²) < 4.78 is 0. The molecule has 2 aromatic rings. The number of H-pyrrole nitrogens is 1. The lowest BCUT2D eigenvalue weighted by Crippen LogP contribution is -2.17. The lowest BCUT2D eigenvalue weighted by atomic mass is 10.2. The van der Waals surface area contributed by atoms with Crippen molar-refractivity contribution in [3.8, 4) is 0 Å². The highest BCUT2D eigenvalue weighted by molar-refractivity contribution is 5.46. The van der Waals surface area contributed by atoms with Crippen LogP contribution in [0.1, 0.15) is 11.3 Å². The zero-order valence-electron chi connectivity index (χ0n) is 9.11. The summed E-state index contributed by atoms with van der Waals surface area (Å²) in [5.41, 5.74) is 8.98. The molecule has 0 amide bonds. The van der Waals surface area contributed by atoms with Gasteiger partial charge >= 0.3 is 0 Å². The predicted molar refractivity (Wildman–Crippen MR) is 64.9 cm³/mol. The quantitative estimate of drug-likeness (QED) is 0.521. The normalized spacial score (nSPS) is 10.5. The molecular weight excluding hydrogens is 200 g/mol. The maximum atomic E-state index is 5.84. The number of imidazole rings is 1. The Kier molecular flexibility index (Phi) is 3.56. The first-order chi connectivity index (χ1) is 7.86. The summed E-state index contributed by atoms with van der Waals surface area (Å²) in [7, 11) is 0. The monoisotopic (exact) mass is 216 g/mol. The average Bonchev–Trinajstić information content (AvgIpc) is 2.79. The van der Waals surface area contributed by atoms with E-state index in [1.165, 1.54) is 0 Å². The van der Waals surface area contributed by atoms with Crippen LogP contribution in [0.25, 0.3) is 0 Å². The number of aromatic nitrogens is 2. The fourth-order valence-corrected chi connectivity index (χ4v) is 1.56. The van der Waals surface area contributed by atoms with Gasteiger partial charge in [-0.2, -0.15) is 0 Å². The minimum Gasteiger partial charge on any atom is -0.398 e. The molecule has 1 heterocycles. The molecule has 0 saturated heterocycles. The third-order valence-corrected chi connectivity index (χ3v) is 2.50. The lowest BCUT2D eigenvalue weighted by molar-refractivity contribution is 0.682. The second-order valence-corrected chi connectivity index (χ2v) is 3.70. The third kappa shape index (κ3) is 2.84. The number of nitrogens with zero attached hydrogens (tertiary/aromatic N) is 1. The Bertz CT molecular complexity index is 422. The van der Waals surface area contributed by atoms with E-state index in [0.29, 0.717) is 0 Å². The smallest absolute Gasteiger partial charge is 0.0921 e. The number of nitrogens with two attached hydrogens (primary N) is 1. The molecule has 4 heteroatoms. The zero-order chi connectivity index (χ0) is 11.2. The predicted octanol–water partition coefficient (Wildman–Crippen LogP) is 1.32. The van der Waals surface area contributed by atoms with E-state index in [0.717, 1.165) is 36.5 Å². The molecule has 0 spiro atoms. The molecular formula is C12H16N4. The van der Waals surface area contributed by atoms with Gasteiger partial charge in [-0.1, -0.05) is 18.2 Å². The number of hydrogen-bond acceptors (Lipinski definition) is 3. The van der Waals surface area contributed by atoms with Gasteiger partial charge in [0.25, 0.3) is 0 Å². The van der Waals surface area contributed by atoms with Crippen LogP contribution in [0.2, 0.25) is 0 Å². The highest BCUT2D eigenvalue weighted by Crippen LogP contribution is 2.09. The van der Waals surface area contributed by atoms with Crippen LogP contribution in [-0.2, 0) is 13.0 Å². The third-order valence-electron chi connectivity index (χ3n) is 2.50. The van der Waals surface area contributed by atoms with E-state index in [9.17, 15) is 0 Å². The van der Waals surface area contributed by atoms with Gasteiger partial charge in [-0.15, -0.1) is 0 Å². The van der Waals surface area contributed by atoms with Gasteiger partial charge in [-0.25, -0.2) is 4.98 Å². The van der Waals surface area contributed by atoms with Crippen LogP contribution in [0.3, 0.4) is 0 Å². The first-order valence-corrected chi connectivity index (χ1v) is 5.37. The number of para-hydroxylation sites is 1. The highest BCUT2D eigenvalue weighted by Gasteiger charge is 1.97. The van der Waals surface area contributed by atoms with Crippen LogP contribution in [0.4, 0.5) is 5.69 Å². The van der Waals surface area contributed by atoms with Crippen molar-refractivity contribution in [2.75, 3.05) is 12.3 Å². The van der Waals surface area contributed by atoms with Gasteiger partial charge in [0.15, 0.2) is 0 Å². The van der Waals surface area contributed by atoms with Gasteiger partial charge in [0, 0.05) is 37.1 Å². The Morgan fingerprint density at radius 1 is 1.31 bits per heavy atom. The van der Waals surface area contributed by atoms with E-state index < -0.39 is 0 Å². The van der Waals surface area contributed by atoms with Crippen LogP contribution in [0, 0.1) is 0 Å². The van der Waals surface area contributed by atoms with Gasteiger partial charge < -0.3 is 16.0 Å². The summed E-state index contributed by atoms with van der Waals surface area (Å²) in [4.78, 5) is 7.04. The van der Waals surface area contributed by atoms with Gasteiger partial charge in [-0.3, -0.25) is 0 Å². The SMILES string of the molecule is Nc1ccccc1CNCCc1cnc[nH]1. The van der Waals surface area contributed by atoms with Crippen molar-refractivity contribution in [3.63, 3.8) is 0 Å². The first kappa shape index (κ1) is 10.7. The first-order valence-electron chi connectivity index (χ1n) is 5.37. The number of benzene rings is 1. The Labute approximate surface area is 94.9 Å².